The monoisotopic (exact) mass is 440 g/mol. The number of hydrogen-bond donors (Lipinski definition) is 3. The van der Waals surface area contributed by atoms with Crippen LogP contribution in [-0.4, -0.2) is 22.0 Å². The van der Waals surface area contributed by atoms with Crippen LogP contribution in [0.2, 0.25) is 0 Å². The standard InChI is InChI=1S/C17H12F4N6O4/c18-12-5-4-9(6-13(12)27(30)31)16(22)14(17(19,20)21)8-23-15(25-16)24-10-2-1-3-11(7-10)26(28)29/h1-8H,22H2,(H2,23,24,25). The maximum atomic E-state index is 13.7. The van der Waals surface area contributed by atoms with Gasteiger partial charge >= 0.3 is 11.9 Å². The number of nitro benzene ring substituents is 2. The number of guanidine groups is 1. The molecule has 31 heavy (non-hydrogen) atoms. The Morgan fingerprint density at radius 2 is 1.81 bits per heavy atom. The summed E-state index contributed by atoms with van der Waals surface area (Å²) in [5.41, 5.74) is 0.113. The summed E-state index contributed by atoms with van der Waals surface area (Å²) < 4.78 is 54.5. The Hall–Kier alpha value is -4.07. The summed E-state index contributed by atoms with van der Waals surface area (Å²) in [6.45, 7) is 0. The van der Waals surface area contributed by atoms with Gasteiger partial charge in [-0.25, -0.2) is 4.99 Å². The van der Waals surface area contributed by atoms with Gasteiger partial charge in [0.2, 0.25) is 11.8 Å². The zero-order valence-corrected chi connectivity index (χ0v) is 15.2. The average Bonchev–Trinajstić information content (AvgIpc) is 2.67. The fourth-order valence-corrected chi connectivity index (χ4v) is 2.83. The Balaban J connectivity index is 2.08. The molecular formula is C17H12F4N6O4. The number of anilines is 1. The molecule has 14 heteroatoms. The SMILES string of the molecule is NC1(c2ccc(F)c([N+](=O)[O-])c2)N=C(Nc2cccc([N+](=O)[O-])c2)NC=C1C(F)(F)F. The van der Waals surface area contributed by atoms with E-state index in [2.05, 4.69) is 15.6 Å². The summed E-state index contributed by atoms with van der Waals surface area (Å²) in [6.07, 6.45) is -4.49. The predicted molar refractivity (Wildman–Crippen MR) is 100 cm³/mol. The summed E-state index contributed by atoms with van der Waals surface area (Å²) in [5.74, 6) is -1.59. The molecule has 1 heterocycles. The van der Waals surface area contributed by atoms with E-state index in [0.717, 1.165) is 12.1 Å². The van der Waals surface area contributed by atoms with Gasteiger partial charge in [-0.2, -0.15) is 17.6 Å². The first kappa shape index (κ1) is 21.6. The molecule has 1 unspecified atom stereocenters. The average molecular weight is 440 g/mol. The van der Waals surface area contributed by atoms with Gasteiger partial charge in [-0.05, 0) is 12.1 Å². The minimum absolute atomic E-state index is 0.108. The van der Waals surface area contributed by atoms with Crippen molar-refractivity contribution < 1.29 is 27.4 Å². The van der Waals surface area contributed by atoms with Gasteiger partial charge in [0.1, 0.15) is 0 Å². The van der Waals surface area contributed by atoms with Gasteiger partial charge in [0, 0.05) is 35.6 Å². The van der Waals surface area contributed by atoms with E-state index in [4.69, 9.17) is 5.73 Å². The van der Waals surface area contributed by atoms with Gasteiger partial charge in [-0.1, -0.05) is 12.1 Å². The van der Waals surface area contributed by atoms with Gasteiger partial charge in [0.15, 0.2) is 5.66 Å². The van der Waals surface area contributed by atoms with Crippen LogP contribution in [0.15, 0.2) is 59.2 Å². The first-order valence-corrected chi connectivity index (χ1v) is 8.31. The van der Waals surface area contributed by atoms with Crippen LogP contribution in [-0.2, 0) is 5.66 Å². The molecule has 3 rings (SSSR count). The number of rotatable bonds is 4. The van der Waals surface area contributed by atoms with Crippen molar-refractivity contribution in [3.8, 4) is 0 Å². The summed E-state index contributed by atoms with van der Waals surface area (Å²) in [4.78, 5) is 23.9. The molecule has 0 aromatic heterocycles. The van der Waals surface area contributed by atoms with Crippen LogP contribution < -0.4 is 16.4 Å². The molecule has 2 aromatic rings. The van der Waals surface area contributed by atoms with Crippen LogP contribution in [0, 0.1) is 26.0 Å². The van der Waals surface area contributed by atoms with Crippen LogP contribution in [0.25, 0.3) is 0 Å². The molecule has 0 amide bonds. The minimum atomic E-state index is -4.99. The number of nitrogens with two attached hydrogens (primary N) is 1. The highest BCUT2D eigenvalue weighted by Crippen LogP contribution is 2.41. The van der Waals surface area contributed by atoms with Crippen LogP contribution in [0.5, 0.6) is 0 Å². The molecule has 10 nitrogen and oxygen atoms in total. The second-order valence-electron chi connectivity index (χ2n) is 6.28. The van der Waals surface area contributed by atoms with E-state index in [1.807, 2.05) is 0 Å². The molecular weight excluding hydrogens is 428 g/mol. The van der Waals surface area contributed by atoms with E-state index in [0.29, 0.717) is 18.3 Å². The van der Waals surface area contributed by atoms with Crippen molar-refractivity contribution in [2.75, 3.05) is 5.32 Å². The molecule has 0 spiro atoms. The number of hydrogen-bond acceptors (Lipinski definition) is 8. The fourth-order valence-electron chi connectivity index (χ4n) is 2.83. The molecule has 4 N–H and O–H groups in total. The van der Waals surface area contributed by atoms with Gasteiger partial charge in [0.05, 0.1) is 15.4 Å². The van der Waals surface area contributed by atoms with E-state index in [1.165, 1.54) is 18.2 Å². The molecule has 1 aliphatic heterocycles. The molecule has 1 aliphatic rings. The smallest absolute Gasteiger partial charge is 0.332 e. The van der Waals surface area contributed by atoms with Crippen LogP contribution >= 0.6 is 0 Å². The maximum Gasteiger partial charge on any atom is 0.418 e. The molecule has 0 fully saturated rings. The Bertz CT molecular complexity index is 1130. The number of alkyl halides is 3. The van der Waals surface area contributed by atoms with E-state index in [-0.39, 0.29) is 17.3 Å². The Morgan fingerprint density at radius 3 is 2.42 bits per heavy atom. The quantitative estimate of drug-likeness (QED) is 0.375. The van der Waals surface area contributed by atoms with Crippen molar-refractivity contribution in [1.29, 1.82) is 0 Å². The summed E-state index contributed by atoms with van der Waals surface area (Å²) in [7, 11) is 0. The van der Waals surface area contributed by atoms with Crippen molar-refractivity contribution in [1.82, 2.24) is 5.32 Å². The molecule has 0 bridgehead atoms. The predicted octanol–water partition coefficient (Wildman–Crippen LogP) is 3.27. The third kappa shape index (κ3) is 4.28. The maximum absolute atomic E-state index is 13.7. The van der Waals surface area contributed by atoms with Crippen LogP contribution in [0.4, 0.5) is 34.6 Å². The van der Waals surface area contributed by atoms with Crippen molar-refractivity contribution in [2.45, 2.75) is 11.8 Å². The molecule has 1 atom stereocenters. The zero-order chi connectivity index (χ0) is 23.0. The number of nitro groups is 2. The second-order valence-corrected chi connectivity index (χ2v) is 6.28. The lowest BCUT2D eigenvalue weighted by Crippen LogP contribution is -2.49. The second kappa shape index (κ2) is 7.64. The Labute approximate surface area is 170 Å². The minimum Gasteiger partial charge on any atom is -0.332 e. The number of nitrogens with one attached hydrogen (secondary N) is 2. The van der Waals surface area contributed by atoms with Crippen molar-refractivity contribution in [2.24, 2.45) is 10.7 Å². The van der Waals surface area contributed by atoms with Gasteiger partial charge in [0.25, 0.3) is 5.69 Å². The molecule has 0 radical (unpaired) electrons. The lowest BCUT2D eigenvalue weighted by molar-refractivity contribution is -0.387. The largest absolute Gasteiger partial charge is 0.418 e. The fraction of sp³-hybridized carbons (Fsp3) is 0.118. The highest BCUT2D eigenvalue weighted by Gasteiger charge is 2.50. The van der Waals surface area contributed by atoms with Crippen molar-refractivity contribution in [3.05, 3.63) is 85.8 Å². The summed E-state index contributed by atoms with van der Waals surface area (Å²) >= 11 is 0. The zero-order valence-electron chi connectivity index (χ0n) is 15.2. The van der Waals surface area contributed by atoms with Gasteiger partial charge in [-0.15, -0.1) is 0 Å². The molecule has 2 aromatic carbocycles. The third-order valence-electron chi connectivity index (χ3n) is 4.26. The molecule has 0 saturated carbocycles. The van der Waals surface area contributed by atoms with Crippen LogP contribution in [0.3, 0.4) is 0 Å². The van der Waals surface area contributed by atoms with Crippen molar-refractivity contribution >= 4 is 23.0 Å². The number of aliphatic imine (C=N–C) groups is 1. The normalized spacial score (nSPS) is 18.5. The summed E-state index contributed by atoms with van der Waals surface area (Å²) in [6, 6.07) is 7.06. The first-order chi connectivity index (χ1) is 14.4. The third-order valence-corrected chi connectivity index (χ3v) is 4.26. The first-order valence-electron chi connectivity index (χ1n) is 8.31. The summed E-state index contributed by atoms with van der Waals surface area (Å²) in [5, 5.41) is 26.7. The molecule has 0 saturated heterocycles. The van der Waals surface area contributed by atoms with E-state index < -0.39 is 44.3 Å². The van der Waals surface area contributed by atoms with Crippen molar-refractivity contribution in [3.63, 3.8) is 0 Å². The Morgan fingerprint density at radius 1 is 1.10 bits per heavy atom. The molecule has 162 valence electrons. The number of non-ortho nitro benzene ring substituents is 1. The topological polar surface area (TPSA) is 149 Å². The lowest BCUT2D eigenvalue weighted by Gasteiger charge is -2.33. The lowest BCUT2D eigenvalue weighted by atomic mass is 9.91. The van der Waals surface area contributed by atoms with E-state index >= 15 is 0 Å². The highest BCUT2D eigenvalue weighted by molar-refractivity contribution is 5.95. The van der Waals surface area contributed by atoms with E-state index in [1.54, 1.807) is 0 Å². The highest BCUT2D eigenvalue weighted by atomic mass is 19.4. The van der Waals surface area contributed by atoms with Gasteiger partial charge in [-0.3, -0.25) is 26.0 Å². The Kier molecular flexibility index (Phi) is 5.33. The molecule has 0 aliphatic carbocycles. The van der Waals surface area contributed by atoms with Crippen LogP contribution in [0.1, 0.15) is 5.56 Å². The van der Waals surface area contributed by atoms with Gasteiger partial charge < -0.3 is 10.6 Å². The van der Waals surface area contributed by atoms with E-state index in [9.17, 15) is 37.8 Å². The number of halogens is 4. The number of benzene rings is 2. The number of nitrogens with zero attached hydrogens (tertiary/aromatic N) is 3.